The largest absolute Gasteiger partial charge is 0.504 e. The zero-order valence-electron chi connectivity index (χ0n) is 9.28. The molecule has 0 fully saturated rings. The lowest BCUT2D eigenvalue weighted by molar-refractivity contribution is 0.404. The van der Waals surface area contributed by atoms with Crippen LogP contribution in [0.25, 0.3) is 21.7 Å². The molecule has 0 atom stereocenters. The molecule has 0 spiro atoms. The lowest BCUT2D eigenvalue weighted by Crippen LogP contribution is -2.01. The fraction of sp³-hybridized carbons (Fsp3) is 0. The fourth-order valence-corrected chi connectivity index (χ4v) is 1.96. The summed E-state index contributed by atoms with van der Waals surface area (Å²) < 4.78 is 31.4. The number of hydrogen-bond donors (Lipinski definition) is 2. The maximum atomic E-state index is 13.6. The van der Waals surface area contributed by atoms with Gasteiger partial charge in [-0.15, -0.1) is 0 Å². The van der Waals surface area contributed by atoms with Gasteiger partial charge in [0.05, 0.1) is 5.39 Å². The molecule has 0 aliphatic heterocycles. The molecule has 2 N–H and O–H groups in total. The third kappa shape index (κ3) is 1.53. The summed E-state index contributed by atoms with van der Waals surface area (Å²) in [4.78, 5) is 11.7. The van der Waals surface area contributed by atoms with Gasteiger partial charge in [-0.3, -0.25) is 0 Å². The summed E-state index contributed by atoms with van der Waals surface area (Å²) >= 11 is 0. The summed E-state index contributed by atoms with van der Waals surface area (Å²) in [6.07, 6.45) is 0. The average Bonchev–Trinajstić information content (AvgIpc) is 2.37. The lowest BCUT2D eigenvalue weighted by atomic mass is 10.1. The van der Waals surface area contributed by atoms with Crippen LogP contribution in [0.5, 0.6) is 11.5 Å². The van der Waals surface area contributed by atoms with E-state index < -0.39 is 34.3 Å². The summed E-state index contributed by atoms with van der Waals surface area (Å²) in [5, 5.41) is 19.1. The van der Waals surface area contributed by atoms with Gasteiger partial charge in [-0.2, -0.15) is 4.39 Å². The van der Waals surface area contributed by atoms with Gasteiger partial charge in [0.25, 0.3) is 0 Å². The minimum Gasteiger partial charge on any atom is -0.504 e. The van der Waals surface area contributed by atoms with Crippen molar-refractivity contribution in [3.05, 3.63) is 46.3 Å². The van der Waals surface area contributed by atoms with Crippen molar-refractivity contribution in [3.63, 3.8) is 0 Å². The Bertz CT molecular complexity index is 883. The molecule has 0 amide bonds. The number of phenols is 2. The van der Waals surface area contributed by atoms with E-state index in [-0.39, 0.29) is 16.2 Å². The highest BCUT2D eigenvalue weighted by molar-refractivity contribution is 6.05. The average molecular weight is 264 g/mol. The number of aromatic hydroxyl groups is 2. The Morgan fingerprint density at radius 3 is 2.26 bits per heavy atom. The van der Waals surface area contributed by atoms with E-state index in [9.17, 15) is 23.8 Å². The Balaban J connectivity index is 2.64. The topological polar surface area (TPSA) is 70.7 Å². The quantitative estimate of drug-likeness (QED) is 0.372. The number of fused-ring (bicyclic) bond motifs is 3. The lowest BCUT2D eigenvalue weighted by Gasteiger charge is -2.05. The first-order chi connectivity index (χ1) is 8.99. The number of halogens is 2. The fourth-order valence-electron chi connectivity index (χ4n) is 1.96. The third-order valence-electron chi connectivity index (χ3n) is 2.87. The standard InChI is InChI=1S/C13H6F2O4/c14-8-2-1-5-6-3-9(16)10(17)4-7(6)13(18)19-12(5)11(8)15/h1-4,16-17H. The van der Waals surface area contributed by atoms with Crippen molar-refractivity contribution in [1.29, 1.82) is 0 Å². The molecular weight excluding hydrogens is 258 g/mol. The van der Waals surface area contributed by atoms with E-state index in [0.717, 1.165) is 18.2 Å². The molecule has 1 heterocycles. The van der Waals surface area contributed by atoms with Gasteiger partial charge in [0, 0.05) is 10.8 Å². The summed E-state index contributed by atoms with van der Waals surface area (Å²) in [6, 6.07) is 4.23. The van der Waals surface area contributed by atoms with Crippen molar-refractivity contribution in [3.8, 4) is 11.5 Å². The monoisotopic (exact) mass is 264 g/mol. The molecule has 19 heavy (non-hydrogen) atoms. The number of hydrogen-bond acceptors (Lipinski definition) is 4. The molecule has 0 unspecified atom stereocenters. The smallest absolute Gasteiger partial charge is 0.344 e. The van der Waals surface area contributed by atoms with E-state index in [4.69, 9.17) is 4.42 Å². The molecular formula is C13H6F2O4. The minimum absolute atomic E-state index is 0.0335. The van der Waals surface area contributed by atoms with Crippen LogP contribution >= 0.6 is 0 Å². The van der Waals surface area contributed by atoms with E-state index in [0.29, 0.717) is 0 Å². The van der Waals surface area contributed by atoms with Crippen LogP contribution in [-0.4, -0.2) is 10.2 Å². The molecule has 96 valence electrons. The Labute approximate surface area is 104 Å². The zero-order valence-corrected chi connectivity index (χ0v) is 9.28. The van der Waals surface area contributed by atoms with Crippen molar-refractivity contribution in [2.24, 2.45) is 0 Å². The molecule has 0 radical (unpaired) electrons. The molecule has 1 aromatic heterocycles. The van der Waals surface area contributed by atoms with Crippen LogP contribution in [0.15, 0.2) is 33.5 Å². The first kappa shape index (κ1) is 11.5. The van der Waals surface area contributed by atoms with Crippen LogP contribution in [0.2, 0.25) is 0 Å². The molecule has 3 rings (SSSR count). The van der Waals surface area contributed by atoms with Crippen molar-refractivity contribution >= 4 is 21.7 Å². The summed E-state index contributed by atoms with van der Waals surface area (Å²) in [7, 11) is 0. The number of rotatable bonds is 0. The Morgan fingerprint density at radius 2 is 1.58 bits per heavy atom. The van der Waals surface area contributed by atoms with E-state index >= 15 is 0 Å². The van der Waals surface area contributed by atoms with Crippen LogP contribution in [-0.2, 0) is 0 Å². The number of benzene rings is 2. The maximum absolute atomic E-state index is 13.6. The number of phenolic OH excluding ortho intramolecular Hbond substituents is 2. The molecule has 0 aliphatic carbocycles. The minimum atomic E-state index is -1.27. The molecule has 0 saturated heterocycles. The molecule has 0 saturated carbocycles. The summed E-state index contributed by atoms with van der Waals surface area (Å²) in [6.45, 7) is 0. The molecule has 4 nitrogen and oxygen atoms in total. The van der Waals surface area contributed by atoms with Crippen molar-refractivity contribution in [2.45, 2.75) is 0 Å². The highest BCUT2D eigenvalue weighted by Crippen LogP contribution is 2.33. The van der Waals surface area contributed by atoms with Gasteiger partial charge in [0.1, 0.15) is 0 Å². The van der Waals surface area contributed by atoms with Crippen LogP contribution in [0.1, 0.15) is 0 Å². The van der Waals surface area contributed by atoms with Gasteiger partial charge in [0.15, 0.2) is 22.9 Å². The highest BCUT2D eigenvalue weighted by Gasteiger charge is 2.16. The second kappa shape index (κ2) is 3.68. The summed E-state index contributed by atoms with van der Waals surface area (Å²) in [5.41, 5.74) is -1.45. The van der Waals surface area contributed by atoms with Crippen LogP contribution in [0, 0.1) is 11.6 Å². The van der Waals surface area contributed by atoms with E-state index in [1.807, 2.05) is 0 Å². The molecule has 6 heteroatoms. The van der Waals surface area contributed by atoms with Crippen LogP contribution in [0.3, 0.4) is 0 Å². The SMILES string of the molecule is O=c1oc2c(F)c(F)ccc2c2cc(O)c(O)cc12. The van der Waals surface area contributed by atoms with Gasteiger partial charge >= 0.3 is 5.63 Å². The van der Waals surface area contributed by atoms with Crippen LogP contribution < -0.4 is 5.63 Å². The predicted molar refractivity (Wildman–Crippen MR) is 63.2 cm³/mol. The predicted octanol–water partition coefficient (Wildman–Crippen LogP) is 2.64. The second-order valence-electron chi connectivity index (χ2n) is 4.01. The highest BCUT2D eigenvalue weighted by atomic mass is 19.2. The molecule has 0 bridgehead atoms. The van der Waals surface area contributed by atoms with Gasteiger partial charge in [-0.1, -0.05) is 0 Å². The van der Waals surface area contributed by atoms with Gasteiger partial charge < -0.3 is 14.6 Å². The van der Waals surface area contributed by atoms with Crippen molar-refractivity contribution in [2.75, 3.05) is 0 Å². The Kier molecular flexibility index (Phi) is 2.22. The molecule has 2 aromatic carbocycles. The van der Waals surface area contributed by atoms with Crippen LogP contribution in [0.4, 0.5) is 8.78 Å². The second-order valence-corrected chi connectivity index (χ2v) is 4.01. The first-order valence-electron chi connectivity index (χ1n) is 5.25. The van der Waals surface area contributed by atoms with Gasteiger partial charge in [-0.25, -0.2) is 9.18 Å². The van der Waals surface area contributed by atoms with E-state index in [1.54, 1.807) is 0 Å². The normalized spacial score (nSPS) is 11.3. The van der Waals surface area contributed by atoms with E-state index in [1.165, 1.54) is 6.07 Å². The van der Waals surface area contributed by atoms with Crippen molar-refractivity contribution < 1.29 is 23.4 Å². The third-order valence-corrected chi connectivity index (χ3v) is 2.87. The zero-order chi connectivity index (χ0) is 13.7. The molecule has 3 aromatic rings. The van der Waals surface area contributed by atoms with Crippen molar-refractivity contribution in [1.82, 2.24) is 0 Å². The Hall–Kier alpha value is -2.63. The van der Waals surface area contributed by atoms with E-state index in [2.05, 4.69) is 0 Å². The Morgan fingerprint density at radius 1 is 0.947 bits per heavy atom. The van der Waals surface area contributed by atoms with Gasteiger partial charge in [-0.05, 0) is 24.3 Å². The maximum Gasteiger partial charge on any atom is 0.344 e. The first-order valence-corrected chi connectivity index (χ1v) is 5.25. The van der Waals surface area contributed by atoms with Gasteiger partial charge in [0.2, 0.25) is 5.82 Å². The molecule has 0 aliphatic rings. The summed E-state index contributed by atoms with van der Waals surface area (Å²) in [5.74, 6) is -3.38.